The van der Waals surface area contributed by atoms with Crippen LogP contribution in [0.2, 0.25) is 0 Å². The Kier molecular flexibility index (Phi) is 7.81. The summed E-state index contributed by atoms with van der Waals surface area (Å²) < 4.78 is 0. The van der Waals surface area contributed by atoms with E-state index in [0.29, 0.717) is 19.3 Å². The van der Waals surface area contributed by atoms with E-state index in [9.17, 15) is 0 Å². The molecule has 0 aromatic rings. The third kappa shape index (κ3) is 4.57. The molecule has 0 N–H and O–H groups in total. The summed E-state index contributed by atoms with van der Waals surface area (Å²) in [6, 6.07) is -9.88. The first-order valence-corrected chi connectivity index (χ1v) is 30.4. The van der Waals surface area contributed by atoms with Crippen LogP contribution in [0.1, 0.15) is 39.5 Å². The van der Waals surface area contributed by atoms with Crippen molar-refractivity contribution in [3.63, 3.8) is 0 Å². The molecule has 0 radical (unpaired) electrons. The van der Waals surface area contributed by atoms with Gasteiger partial charge in [0.25, 0.3) is 0 Å². The molecule has 21 fully saturated rings. The molecule has 21 heterocycles. The summed E-state index contributed by atoms with van der Waals surface area (Å²) in [5.74, 6) is 0. The van der Waals surface area contributed by atoms with Gasteiger partial charge in [-0.3, -0.25) is 137 Å². The van der Waals surface area contributed by atoms with Crippen molar-refractivity contribution < 1.29 is 67.1 Å². The van der Waals surface area contributed by atoms with Crippen molar-refractivity contribution in [1.82, 2.24) is 137 Å². The van der Waals surface area contributed by atoms with Gasteiger partial charge in [-0.25, -0.2) is 67.1 Å². The van der Waals surface area contributed by atoms with Crippen LogP contribution in [0, 0.1) is 0 Å². The topological polar surface area (TPSA) is 330 Å². The molecule has 21 saturated heterocycles. The quantitative estimate of drug-likeness (QED) is 0.241. The number of rotatable bonds is 4. The lowest BCUT2D eigenvalue weighted by atomic mass is 9.87. The van der Waals surface area contributed by atoms with E-state index in [4.69, 9.17) is 0 Å². The molecule has 0 aliphatic carbocycles. The highest BCUT2D eigenvalue weighted by molar-refractivity contribution is 5.96. The Labute approximate surface area is 505 Å². The molecule has 0 atom stereocenters. The lowest BCUT2D eigenvalue weighted by Gasteiger charge is -2.52. The first-order valence-electron chi connectivity index (χ1n) is 30.4. The summed E-state index contributed by atoms with van der Waals surface area (Å²) in [4.78, 5) is 257. The third-order valence-electron chi connectivity index (χ3n) is 24.1. The van der Waals surface area contributed by atoms with Crippen LogP contribution in [-0.2, 0) is 0 Å². The number of carbonyl (C=O) groups excluding carboxylic acids is 14. The normalized spacial score (nSPS) is 40.1. The van der Waals surface area contributed by atoms with Crippen LogP contribution >= 0.6 is 0 Å². The summed E-state index contributed by atoms with van der Waals surface area (Å²) in [6.07, 6.45) is -13.1. The second kappa shape index (κ2) is 14.4. The van der Waals surface area contributed by atoms with Gasteiger partial charge in [0.2, 0.25) is 0 Å². The van der Waals surface area contributed by atoms with Crippen LogP contribution in [0.4, 0.5) is 67.1 Å². The Balaban J connectivity index is 0.749. The van der Waals surface area contributed by atoms with Gasteiger partial charge in [0.1, 0.15) is 93.4 Å². The molecular weight excluding hydrogens is 1190 g/mol. The molecule has 42 nitrogen and oxygen atoms in total. The Morgan fingerprint density at radius 1 is 0.233 bits per heavy atom. The molecule has 0 spiro atoms. The number of amides is 28. The average molecular weight is 1250 g/mol. The molecule has 0 aromatic heterocycles. The van der Waals surface area contributed by atoms with Gasteiger partial charge in [-0.2, -0.15) is 0 Å². The smallest absolute Gasteiger partial charge is 0.282 e. The highest BCUT2D eigenvalue weighted by atomic mass is 16.3. The summed E-state index contributed by atoms with van der Waals surface area (Å²) in [5, 5.41) is 0. The van der Waals surface area contributed by atoms with Crippen molar-refractivity contribution in [3.05, 3.63) is 0 Å². The third-order valence-corrected chi connectivity index (χ3v) is 24.1. The van der Waals surface area contributed by atoms with Crippen molar-refractivity contribution in [1.29, 1.82) is 0 Å². The lowest BCUT2D eigenvalue weighted by molar-refractivity contribution is -0.120. The minimum atomic E-state index is -1.78. The van der Waals surface area contributed by atoms with E-state index in [0.717, 1.165) is 0 Å². The average Bonchev–Trinajstić information content (AvgIpc) is 1.50. The van der Waals surface area contributed by atoms with Crippen LogP contribution in [0.25, 0.3) is 0 Å². The first-order chi connectivity index (χ1) is 43.3. The van der Waals surface area contributed by atoms with Crippen molar-refractivity contribution in [2.24, 2.45) is 0 Å². The van der Waals surface area contributed by atoms with Crippen LogP contribution in [0.3, 0.4) is 0 Å². The summed E-state index contributed by atoms with van der Waals surface area (Å²) in [7, 11) is 0. The van der Waals surface area contributed by atoms with Crippen LogP contribution in [-0.4, -0.2) is 400 Å². The summed E-state index contributed by atoms with van der Waals surface area (Å²) in [5.41, 5.74) is -3.52. The van der Waals surface area contributed by atoms with Crippen molar-refractivity contribution in [2.45, 2.75) is 125 Å². The SMILES string of the molecule is CCCCCC12N3CN4C(=O)N5CN6C(=O)N7CN8C(=O)N9CN%10C(=O)N%11CN%12C(=O)N%13CN%14C(=O)N%15CN(C3=O)C1(C)N1CN3C(=O)N(CN%16C(=O)N(CN%17C(=O)N(CN%18C(=O)N(CN%19C(=O)N(CN%20C(=O)N(CN2C1=O)C4C5%20)C6C7%19)C8C9%18)C%10C%11%17)C%12C%13%16)C%14C%153. The number of unbranched alkanes of at least 4 members (excludes halogenated alkanes) is 2. The Bertz CT molecular complexity index is 3540. The van der Waals surface area contributed by atoms with E-state index in [1.807, 2.05) is 6.92 Å². The maximum absolute atomic E-state index is 16.2. The molecule has 0 unspecified atom stereocenters. The minimum absolute atomic E-state index is 0.0856. The Hall–Kier alpha value is -10.2. The molecule has 21 aliphatic rings. The molecule has 0 aromatic carbocycles. The standard InChI is InChI=1S/C48H54N28O14/c1-3-4-5-6-48-47(2)73-17-69-31-29-65(41(69)85)13-61-27-25-57(37(61)81)9-53-23-21-49(33(53)77)7-51-22-24-55(35(51)79)11-59-26-28-63(39(59)83)15-67-30-32(71(43(67)87)19-75(48)45(73)89)72-20-76(48)46(90)74(47)18-70(31)42(86)66(29)14-62(27)38(82)58(25)10-54(23)34(78)50(21)8-52(22)36(80)56(24)12-60(26)40(84)64(28)16-68(30)44(72)88/h21-32H,3-20H2,1-2H3. The minimum Gasteiger partial charge on any atom is -0.282 e. The molecule has 21 rings (SSSR count). The molecule has 0 bridgehead atoms. The van der Waals surface area contributed by atoms with Gasteiger partial charge in [-0.1, -0.05) is 19.8 Å². The molecule has 0 saturated carbocycles. The lowest BCUT2D eigenvalue weighted by Crippen LogP contribution is -2.72. The van der Waals surface area contributed by atoms with E-state index in [2.05, 4.69) is 0 Å². The Morgan fingerprint density at radius 2 is 0.389 bits per heavy atom. The maximum Gasteiger partial charge on any atom is 0.326 e. The fourth-order valence-corrected chi connectivity index (χ4v) is 20.4. The van der Waals surface area contributed by atoms with Crippen LogP contribution < -0.4 is 0 Å². The number of nitrogens with zero attached hydrogens (tertiary/aromatic N) is 28. The molecule has 42 heteroatoms. The largest absolute Gasteiger partial charge is 0.326 e. The number of hydrogen-bond acceptors (Lipinski definition) is 14. The fraction of sp³-hybridized carbons (Fsp3) is 0.708. The van der Waals surface area contributed by atoms with E-state index in [-0.39, 0.29) is 6.42 Å². The molecule has 28 amide bonds. The van der Waals surface area contributed by atoms with Crippen molar-refractivity contribution >= 4 is 84.4 Å². The summed E-state index contributed by atoms with van der Waals surface area (Å²) in [6.45, 7) is -3.56. The zero-order valence-electron chi connectivity index (χ0n) is 47.9. The monoisotopic (exact) mass is 1250 g/mol. The molecule has 470 valence electrons. The Morgan fingerprint density at radius 3 is 0.556 bits per heavy atom. The summed E-state index contributed by atoms with van der Waals surface area (Å²) >= 11 is 0. The molecular formula is C48H54N28O14. The van der Waals surface area contributed by atoms with E-state index in [1.54, 1.807) is 6.92 Å². The van der Waals surface area contributed by atoms with E-state index < -0.39 is 263 Å². The van der Waals surface area contributed by atoms with Gasteiger partial charge in [0.05, 0.1) is 0 Å². The number of carbonyl (C=O) groups is 14. The van der Waals surface area contributed by atoms with Crippen LogP contribution in [0.5, 0.6) is 0 Å². The fourth-order valence-electron chi connectivity index (χ4n) is 20.4. The van der Waals surface area contributed by atoms with Gasteiger partial charge in [-0.05, 0) is 19.8 Å². The highest BCUT2D eigenvalue weighted by Gasteiger charge is 2.82. The predicted octanol–water partition coefficient (Wildman–Crippen LogP) is -4.27. The van der Waals surface area contributed by atoms with Gasteiger partial charge < -0.3 is 0 Å². The molecule has 21 aliphatic heterocycles. The van der Waals surface area contributed by atoms with E-state index in [1.165, 1.54) is 137 Å². The number of urea groups is 14. The first kappa shape index (κ1) is 48.8. The van der Waals surface area contributed by atoms with Crippen LogP contribution in [0.15, 0.2) is 0 Å². The van der Waals surface area contributed by atoms with Gasteiger partial charge in [0.15, 0.2) is 85.3 Å². The van der Waals surface area contributed by atoms with E-state index >= 15 is 67.1 Å². The second-order valence-corrected chi connectivity index (χ2v) is 27.2. The van der Waals surface area contributed by atoms with Crippen molar-refractivity contribution in [3.8, 4) is 0 Å². The van der Waals surface area contributed by atoms with Gasteiger partial charge >= 0.3 is 84.4 Å². The predicted molar refractivity (Wildman–Crippen MR) is 276 cm³/mol. The molecule has 90 heavy (non-hydrogen) atoms. The van der Waals surface area contributed by atoms with Crippen molar-refractivity contribution in [2.75, 3.05) is 93.4 Å². The zero-order valence-corrected chi connectivity index (χ0v) is 47.9. The zero-order chi connectivity index (χ0) is 60.9. The van der Waals surface area contributed by atoms with Gasteiger partial charge in [-0.15, -0.1) is 0 Å². The highest BCUT2D eigenvalue weighted by Crippen LogP contribution is 2.59. The van der Waals surface area contributed by atoms with Gasteiger partial charge in [0, 0.05) is 0 Å². The second-order valence-electron chi connectivity index (χ2n) is 27.2. The number of hydrogen-bond donors (Lipinski definition) is 0. The maximum atomic E-state index is 16.2.